The highest BCUT2D eigenvalue weighted by molar-refractivity contribution is 6.06. The molecule has 0 saturated carbocycles. The fourth-order valence-electron chi connectivity index (χ4n) is 2.13. The Kier molecular flexibility index (Phi) is 5.80. The molecule has 132 valence electrons. The molecule has 2 aromatic carbocycles. The van der Waals surface area contributed by atoms with Crippen LogP contribution in [-0.2, 0) is 4.79 Å². The van der Waals surface area contributed by atoms with Gasteiger partial charge in [-0.2, -0.15) is 0 Å². The van der Waals surface area contributed by atoms with E-state index in [0.717, 1.165) is 0 Å². The van der Waals surface area contributed by atoms with Gasteiger partial charge in [-0.3, -0.25) is 9.59 Å². The molecule has 2 N–H and O–H groups in total. The van der Waals surface area contributed by atoms with Crippen molar-refractivity contribution >= 4 is 23.2 Å². The van der Waals surface area contributed by atoms with E-state index in [2.05, 4.69) is 10.6 Å². The number of ether oxygens (including phenoxy) is 1. The maximum Gasteiger partial charge on any atom is 0.259 e. The fraction of sp³-hybridized carbons (Fsp3) is 0.300. The first kappa shape index (κ1) is 18.5. The summed E-state index contributed by atoms with van der Waals surface area (Å²) in [6.45, 7) is 7.89. The van der Waals surface area contributed by atoms with Crippen LogP contribution in [0.4, 0.5) is 11.4 Å². The van der Waals surface area contributed by atoms with Gasteiger partial charge >= 0.3 is 0 Å². The molecular weight excluding hydrogens is 316 g/mol. The molecule has 5 nitrogen and oxygen atoms in total. The second-order valence-electron chi connectivity index (χ2n) is 6.67. The molecule has 0 unspecified atom stereocenters. The van der Waals surface area contributed by atoms with Crippen molar-refractivity contribution in [1.82, 2.24) is 0 Å². The van der Waals surface area contributed by atoms with Crippen LogP contribution in [0.3, 0.4) is 0 Å². The first-order chi connectivity index (χ1) is 11.8. The lowest BCUT2D eigenvalue weighted by atomic mass is 9.95. The molecule has 0 heterocycles. The predicted molar refractivity (Wildman–Crippen MR) is 100 cm³/mol. The molecule has 5 heteroatoms. The van der Waals surface area contributed by atoms with Crippen LogP contribution in [0, 0.1) is 5.41 Å². The molecule has 0 atom stereocenters. The molecule has 0 aromatic heterocycles. The van der Waals surface area contributed by atoms with E-state index < -0.39 is 5.41 Å². The molecule has 0 fully saturated rings. The van der Waals surface area contributed by atoms with Crippen molar-refractivity contribution in [2.45, 2.75) is 27.7 Å². The van der Waals surface area contributed by atoms with Gasteiger partial charge in [0.2, 0.25) is 5.91 Å². The summed E-state index contributed by atoms with van der Waals surface area (Å²) in [5.41, 5.74) is 1.21. The van der Waals surface area contributed by atoms with Crippen LogP contribution < -0.4 is 15.4 Å². The normalized spacial score (nSPS) is 10.9. The maximum absolute atomic E-state index is 12.5. The topological polar surface area (TPSA) is 67.4 Å². The third-order valence-electron chi connectivity index (χ3n) is 3.49. The Balaban J connectivity index is 2.14. The molecule has 2 amide bonds. The largest absolute Gasteiger partial charge is 0.493 e. The fourth-order valence-corrected chi connectivity index (χ4v) is 2.13. The monoisotopic (exact) mass is 340 g/mol. The Bertz CT molecular complexity index is 764. The van der Waals surface area contributed by atoms with Crippen LogP contribution in [0.1, 0.15) is 38.1 Å². The zero-order valence-electron chi connectivity index (χ0n) is 15.1. The first-order valence-electron chi connectivity index (χ1n) is 8.26. The Morgan fingerprint density at radius 3 is 2.24 bits per heavy atom. The Labute approximate surface area is 148 Å². The standard InChI is InChI=1S/C20H24N2O3/c1-5-25-17-12-7-6-11-16(17)18(23)21-14-9-8-10-15(13-14)22-19(24)20(2,3)4/h6-13H,5H2,1-4H3,(H,21,23)(H,22,24). The van der Waals surface area contributed by atoms with Gasteiger partial charge in [-0.05, 0) is 37.3 Å². The smallest absolute Gasteiger partial charge is 0.259 e. The highest BCUT2D eigenvalue weighted by Crippen LogP contribution is 2.22. The van der Waals surface area contributed by atoms with Crippen molar-refractivity contribution in [3.8, 4) is 5.75 Å². The lowest BCUT2D eigenvalue weighted by Gasteiger charge is -2.18. The van der Waals surface area contributed by atoms with E-state index in [-0.39, 0.29) is 11.8 Å². The third kappa shape index (κ3) is 5.08. The second-order valence-corrected chi connectivity index (χ2v) is 6.67. The number of hydrogen-bond acceptors (Lipinski definition) is 3. The number of rotatable bonds is 5. The molecule has 0 bridgehead atoms. The van der Waals surface area contributed by atoms with E-state index in [0.29, 0.717) is 29.3 Å². The Morgan fingerprint density at radius 1 is 0.960 bits per heavy atom. The highest BCUT2D eigenvalue weighted by atomic mass is 16.5. The minimum absolute atomic E-state index is 0.0855. The van der Waals surface area contributed by atoms with Gasteiger partial charge < -0.3 is 15.4 Å². The predicted octanol–water partition coefficient (Wildman–Crippen LogP) is 4.32. The van der Waals surface area contributed by atoms with Gasteiger partial charge in [-0.15, -0.1) is 0 Å². The highest BCUT2D eigenvalue weighted by Gasteiger charge is 2.21. The summed E-state index contributed by atoms with van der Waals surface area (Å²) in [5, 5.41) is 5.69. The van der Waals surface area contributed by atoms with Crippen LogP contribution in [0.5, 0.6) is 5.75 Å². The Hall–Kier alpha value is -2.82. The second kappa shape index (κ2) is 7.83. The van der Waals surface area contributed by atoms with E-state index in [4.69, 9.17) is 4.74 Å². The van der Waals surface area contributed by atoms with Gasteiger partial charge in [-0.25, -0.2) is 0 Å². The van der Waals surface area contributed by atoms with Gasteiger partial charge in [0.15, 0.2) is 0 Å². The summed E-state index contributed by atoms with van der Waals surface area (Å²) in [6, 6.07) is 14.2. The third-order valence-corrected chi connectivity index (χ3v) is 3.49. The lowest BCUT2D eigenvalue weighted by Crippen LogP contribution is -2.27. The molecule has 0 aliphatic rings. The summed E-state index contributed by atoms with van der Waals surface area (Å²) < 4.78 is 5.49. The number of amides is 2. The molecule has 0 aliphatic carbocycles. The van der Waals surface area contributed by atoms with Crippen molar-refractivity contribution in [1.29, 1.82) is 0 Å². The van der Waals surface area contributed by atoms with E-state index in [9.17, 15) is 9.59 Å². The van der Waals surface area contributed by atoms with Crippen LogP contribution >= 0.6 is 0 Å². The number of para-hydroxylation sites is 1. The molecule has 25 heavy (non-hydrogen) atoms. The van der Waals surface area contributed by atoms with Crippen molar-refractivity contribution in [2.24, 2.45) is 5.41 Å². The molecule has 2 rings (SSSR count). The van der Waals surface area contributed by atoms with Crippen LogP contribution in [0.15, 0.2) is 48.5 Å². The van der Waals surface area contributed by atoms with E-state index in [1.54, 1.807) is 42.5 Å². The maximum atomic E-state index is 12.5. The molecule has 2 aromatic rings. The summed E-state index contributed by atoms with van der Waals surface area (Å²) in [6.07, 6.45) is 0. The summed E-state index contributed by atoms with van der Waals surface area (Å²) in [4.78, 5) is 24.6. The van der Waals surface area contributed by atoms with Crippen LogP contribution in [0.25, 0.3) is 0 Å². The zero-order valence-corrected chi connectivity index (χ0v) is 15.1. The van der Waals surface area contributed by atoms with Crippen LogP contribution in [0.2, 0.25) is 0 Å². The van der Waals surface area contributed by atoms with Crippen molar-refractivity contribution in [2.75, 3.05) is 17.2 Å². The van der Waals surface area contributed by atoms with Crippen molar-refractivity contribution < 1.29 is 14.3 Å². The van der Waals surface area contributed by atoms with Crippen LogP contribution in [-0.4, -0.2) is 18.4 Å². The minimum Gasteiger partial charge on any atom is -0.493 e. The van der Waals surface area contributed by atoms with E-state index in [1.165, 1.54) is 0 Å². The van der Waals surface area contributed by atoms with Gasteiger partial charge in [0.05, 0.1) is 12.2 Å². The molecule has 0 radical (unpaired) electrons. The van der Waals surface area contributed by atoms with Crippen molar-refractivity contribution in [3.63, 3.8) is 0 Å². The number of benzene rings is 2. The average molecular weight is 340 g/mol. The summed E-state index contributed by atoms with van der Waals surface area (Å²) in [5.74, 6) is 0.195. The first-order valence-corrected chi connectivity index (χ1v) is 8.26. The Morgan fingerprint density at radius 2 is 1.60 bits per heavy atom. The number of nitrogens with one attached hydrogen (secondary N) is 2. The quantitative estimate of drug-likeness (QED) is 0.851. The summed E-state index contributed by atoms with van der Waals surface area (Å²) in [7, 11) is 0. The van der Waals surface area contributed by atoms with Gasteiger partial charge in [0.1, 0.15) is 5.75 Å². The molecule has 0 aliphatic heterocycles. The number of carbonyl (C=O) groups is 2. The lowest BCUT2D eigenvalue weighted by molar-refractivity contribution is -0.123. The van der Waals surface area contributed by atoms with Gasteiger partial charge in [0, 0.05) is 16.8 Å². The van der Waals surface area contributed by atoms with Gasteiger partial charge in [-0.1, -0.05) is 39.0 Å². The average Bonchev–Trinajstić information content (AvgIpc) is 2.55. The van der Waals surface area contributed by atoms with Gasteiger partial charge in [0.25, 0.3) is 5.91 Å². The van der Waals surface area contributed by atoms with E-state index in [1.807, 2.05) is 33.8 Å². The zero-order chi connectivity index (χ0) is 18.4. The SMILES string of the molecule is CCOc1ccccc1C(=O)Nc1cccc(NC(=O)C(C)(C)C)c1. The minimum atomic E-state index is -0.490. The summed E-state index contributed by atoms with van der Waals surface area (Å²) >= 11 is 0. The molecular formula is C20H24N2O3. The molecule has 0 saturated heterocycles. The molecule has 0 spiro atoms. The number of hydrogen-bond donors (Lipinski definition) is 2. The van der Waals surface area contributed by atoms with Crippen molar-refractivity contribution in [3.05, 3.63) is 54.1 Å². The number of anilines is 2. The number of carbonyl (C=O) groups excluding carboxylic acids is 2. The van der Waals surface area contributed by atoms with E-state index >= 15 is 0 Å².